The van der Waals surface area contributed by atoms with Crippen LogP contribution in [0, 0.1) is 6.92 Å². The molecule has 1 aliphatic heterocycles. The number of likely N-dealkylation sites (tertiary alicyclic amines) is 1. The van der Waals surface area contributed by atoms with Crippen LogP contribution in [-0.2, 0) is 0 Å². The number of piperidine rings is 1. The lowest BCUT2D eigenvalue weighted by atomic mass is 9.93. The van der Waals surface area contributed by atoms with Crippen LogP contribution >= 0.6 is 0 Å². The molecule has 2 aliphatic rings. The Hall–Kier alpha value is -1.97. The van der Waals surface area contributed by atoms with Gasteiger partial charge >= 0.3 is 6.03 Å². The van der Waals surface area contributed by atoms with Gasteiger partial charge in [0.1, 0.15) is 0 Å². The van der Waals surface area contributed by atoms with Crippen LogP contribution in [0.1, 0.15) is 62.1 Å². The van der Waals surface area contributed by atoms with Gasteiger partial charge in [-0.3, -0.25) is 0 Å². The highest BCUT2D eigenvalue weighted by Gasteiger charge is 2.26. The van der Waals surface area contributed by atoms with E-state index in [-0.39, 0.29) is 6.03 Å². The number of fused-ring (bicyclic) bond motifs is 1. The zero-order chi connectivity index (χ0) is 17.2. The SMILES string of the molecule is Cc1ccc2[nH]c(C3CCN(C(=O)NC4CCCCC4)CC3)cc2c1. The molecular formula is C21H29N3O. The van der Waals surface area contributed by atoms with E-state index in [0.29, 0.717) is 12.0 Å². The molecule has 0 radical (unpaired) electrons. The van der Waals surface area contributed by atoms with Crippen LogP contribution in [0.3, 0.4) is 0 Å². The van der Waals surface area contributed by atoms with Crippen LogP contribution in [0.15, 0.2) is 24.3 Å². The summed E-state index contributed by atoms with van der Waals surface area (Å²) in [6, 6.07) is 9.41. The summed E-state index contributed by atoms with van der Waals surface area (Å²) in [4.78, 5) is 18.1. The second kappa shape index (κ2) is 7.11. The molecule has 1 saturated carbocycles. The number of aryl methyl sites for hydroxylation is 1. The molecule has 2 aromatic rings. The van der Waals surface area contributed by atoms with Gasteiger partial charge in [0.2, 0.25) is 0 Å². The number of carbonyl (C=O) groups excluding carboxylic acids is 1. The molecule has 1 aromatic heterocycles. The fourth-order valence-electron chi connectivity index (χ4n) is 4.40. The number of hydrogen-bond acceptors (Lipinski definition) is 1. The van der Waals surface area contributed by atoms with Gasteiger partial charge in [0.05, 0.1) is 0 Å². The summed E-state index contributed by atoms with van der Waals surface area (Å²) in [5.41, 5.74) is 3.85. The highest BCUT2D eigenvalue weighted by Crippen LogP contribution is 2.30. The summed E-state index contributed by atoms with van der Waals surface area (Å²) in [6.07, 6.45) is 8.22. The average Bonchev–Trinajstić information content (AvgIpc) is 3.06. The fraction of sp³-hybridized carbons (Fsp3) is 0.571. The van der Waals surface area contributed by atoms with E-state index in [1.807, 2.05) is 4.90 Å². The molecule has 0 bridgehead atoms. The Balaban J connectivity index is 1.34. The molecule has 1 saturated heterocycles. The molecule has 1 aromatic carbocycles. The largest absolute Gasteiger partial charge is 0.358 e. The van der Waals surface area contributed by atoms with Crippen LogP contribution in [0.2, 0.25) is 0 Å². The lowest BCUT2D eigenvalue weighted by molar-refractivity contribution is 0.174. The quantitative estimate of drug-likeness (QED) is 0.819. The fourth-order valence-corrected chi connectivity index (χ4v) is 4.40. The molecule has 2 amide bonds. The van der Waals surface area contributed by atoms with Crippen molar-refractivity contribution >= 4 is 16.9 Å². The summed E-state index contributed by atoms with van der Waals surface area (Å²) in [5.74, 6) is 0.534. The van der Waals surface area contributed by atoms with Crippen LogP contribution in [-0.4, -0.2) is 35.0 Å². The number of amides is 2. The Bertz CT molecular complexity index is 737. The molecule has 0 unspecified atom stereocenters. The monoisotopic (exact) mass is 339 g/mol. The first-order valence-electron chi connectivity index (χ1n) is 9.84. The topological polar surface area (TPSA) is 48.1 Å². The van der Waals surface area contributed by atoms with E-state index in [0.717, 1.165) is 38.8 Å². The first-order chi connectivity index (χ1) is 12.2. The zero-order valence-corrected chi connectivity index (χ0v) is 15.2. The maximum Gasteiger partial charge on any atom is 0.317 e. The maximum atomic E-state index is 12.5. The zero-order valence-electron chi connectivity index (χ0n) is 15.2. The van der Waals surface area contributed by atoms with Gasteiger partial charge in [-0.1, -0.05) is 30.9 Å². The standard InChI is InChI=1S/C21H29N3O/c1-15-7-8-19-17(13-15)14-20(23-19)16-9-11-24(12-10-16)21(25)22-18-5-3-2-4-6-18/h7-8,13-14,16,18,23H,2-6,9-12H2,1H3,(H,22,25). The van der Waals surface area contributed by atoms with Gasteiger partial charge in [-0.2, -0.15) is 0 Å². The Morgan fingerprint density at radius 1 is 1.08 bits per heavy atom. The first-order valence-corrected chi connectivity index (χ1v) is 9.84. The molecule has 1 aliphatic carbocycles. The van der Waals surface area contributed by atoms with Crippen molar-refractivity contribution in [3.8, 4) is 0 Å². The average molecular weight is 339 g/mol. The summed E-state index contributed by atoms with van der Waals surface area (Å²) in [6.45, 7) is 3.85. The molecule has 4 rings (SSSR count). The van der Waals surface area contributed by atoms with Crippen molar-refractivity contribution in [3.63, 3.8) is 0 Å². The van der Waals surface area contributed by atoms with Gasteiger partial charge in [-0.05, 0) is 56.2 Å². The lowest BCUT2D eigenvalue weighted by Crippen LogP contribution is -2.48. The van der Waals surface area contributed by atoms with Crippen molar-refractivity contribution in [2.24, 2.45) is 0 Å². The predicted molar refractivity (Wildman–Crippen MR) is 102 cm³/mol. The molecule has 0 spiro atoms. The van der Waals surface area contributed by atoms with E-state index in [9.17, 15) is 4.79 Å². The number of H-pyrrole nitrogens is 1. The Morgan fingerprint density at radius 2 is 1.84 bits per heavy atom. The molecule has 134 valence electrons. The van der Waals surface area contributed by atoms with Crippen molar-refractivity contribution < 1.29 is 4.79 Å². The number of nitrogens with one attached hydrogen (secondary N) is 2. The molecule has 0 atom stereocenters. The summed E-state index contributed by atoms with van der Waals surface area (Å²) >= 11 is 0. The molecule has 2 N–H and O–H groups in total. The number of hydrogen-bond donors (Lipinski definition) is 2. The maximum absolute atomic E-state index is 12.5. The van der Waals surface area contributed by atoms with E-state index in [1.54, 1.807) is 0 Å². The Morgan fingerprint density at radius 3 is 2.60 bits per heavy atom. The number of benzene rings is 1. The van der Waals surface area contributed by atoms with Crippen LogP contribution in [0.5, 0.6) is 0 Å². The number of aromatic amines is 1. The molecular weight excluding hydrogens is 310 g/mol. The van der Waals surface area contributed by atoms with Crippen molar-refractivity contribution in [1.82, 2.24) is 15.2 Å². The highest BCUT2D eigenvalue weighted by atomic mass is 16.2. The van der Waals surface area contributed by atoms with Crippen molar-refractivity contribution in [1.29, 1.82) is 0 Å². The number of urea groups is 1. The van der Waals surface area contributed by atoms with Crippen molar-refractivity contribution in [2.75, 3.05) is 13.1 Å². The summed E-state index contributed by atoms with van der Waals surface area (Å²) in [5, 5.41) is 4.55. The first kappa shape index (κ1) is 16.5. The smallest absolute Gasteiger partial charge is 0.317 e. The minimum atomic E-state index is 0.151. The second-order valence-electron chi connectivity index (χ2n) is 7.86. The summed E-state index contributed by atoms with van der Waals surface area (Å²) in [7, 11) is 0. The third-order valence-electron chi connectivity index (χ3n) is 5.95. The Labute approximate surface area is 150 Å². The second-order valence-corrected chi connectivity index (χ2v) is 7.86. The minimum absolute atomic E-state index is 0.151. The van der Waals surface area contributed by atoms with Gasteiger partial charge in [-0.25, -0.2) is 4.79 Å². The van der Waals surface area contributed by atoms with E-state index < -0.39 is 0 Å². The van der Waals surface area contributed by atoms with Crippen molar-refractivity contribution in [2.45, 2.75) is 63.8 Å². The van der Waals surface area contributed by atoms with Gasteiger partial charge < -0.3 is 15.2 Å². The van der Waals surface area contributed by atoms with Crippen molar-refractivity contribution in [3.05, 3.63) is 35.5 Å². The highest BCUT2D eigenvalue weighted by molar-refractivity contribution is 5.81. The third kappa shape index (κ3) is 3.68. The normalized spacial score (nSPS) is 20.1. The molecule has 25 heavy (non-hydrogen) atoms. The van der Waals surface area contributed by atoms with E-state index in [2.05, 4.69) is 41.5 Å². The van der Waals surface area contributed by atoms with Gasteiger partial charge in [0, 0.05) is 36.3 Å². The van der Waals surface area contributed by atoms with Crippen LogP contribution < -0.4 is 5.32 Å². The van der Waals surface area contributed by atoms with Gasteiger partial charge in [0.25, 0.3) is 0 Å². The van der Waals surface area contributed by atoms with Gasteiger partial charge in [0.15, 0.2) is 0 Å². The van der Waals surface area contributed by atoms with E-state index in [4.69, 9.17) is 0 Å². The predicted octanol–water partition coefficient (Wildman–Crippen LogP) is 4.70. The number of rotatable bonds is 2. The van der Waals surface area contributed by atoms with E-state index >= 15 is 0 Å². The lowest BCUT2D eigenvalue weighted by Gasteiger charge is -2.33. The molecule has 4 nitrogen and oxygen atoms in total. The van der Waals surface area contributed by atoms with Crippen LogP contribution in [0.4, 0.5) is 4.79 Å². The van der Waals surface area contributed by atoms with E-state index in [1.165, 1.54) is 41.4 Å². The number of nitrogens with zero attached hydrogens (tertiary/aromatic N) is 1. The minimum Gasteiger partial charge on any atom is -0.358 e. The molecule has 2 fully saturated rings. The number of aromatic nitrogens is 1. The summed E-state index contributed by atoms with van der Waals surface area (Å²) < 4.78 is 0. The third-order valence-corrected chi connectivity index (χ3v) is 5.95. The molecule has 2 heterocycles. The number of carbonyl (C=O) groups is 1. The molecule has 4 heteroatoms. The Kier molecular flexibility index (Phi) is 4.69. The van der Waals surface area contributed by atoms with Crippen LogP contribution in [0.25, 0.3) is 10.9 Å². The van der Waals surface area contributed by atoms with Gasteiger partial charge in [-0.15, -0.1) is 0 Å².